The molecule has 38 heavy (non-hydrogen) atoms. The number of carbonyl (C=O) groups excluding carboxylic acids is 1. The molecule has 9 heteroatoms. The number of nitrogens with one attached hydrogen (secondary N) is 1. The van der Waals surface area contributed by atoms with Gasteiger partial charge in [-0.05, 0) is 60.5 Å². The first kappa shape index (κ1) is 27.0. The molecule has 4 rings (SSSR count). The van der Waals surface area contributed by atoms with Crippen LogP contribution in [0.5, 0.6) is 17.2 Å². The zero-order valence-corrected chi connectivity index (χ0v) is 22.5. The Bertz CT molecular complexity index is 1530. The van der Waals surface area contributed by atoms with E-state index < -0.39 is 22.5 Å². The Morgan fingerprint density at radius 1 is 0.868 bits per heavy atom. The van der Waals surface area contributed by atoms with Gasteiger partial charge in [0.2, 0.25) is 5.91 Å². The molecule has 0 aliphatic rings. The molecule has 0 aliphatic heterocycles. The topological polar surface area (TPSA) is 84.9 Å². The Hall–Kier alpha value is -4.01. The fourth-order valence-corrected chi connectivity index (χ4v) is 5.56. The second-order valence-electron chi connectivity index (χ2n) is 8.25. The summed E-state index contributed by atoms with van der Waals surface area (Å²) >= 11 is 6.22. The molecule has 196 valence electrons. The molecule has 0 spiro atoms. The van der Waals surface area contributed by atoms with Gasteiger partial charge in [-0.25, -0.2) is 8.42 Å². The van der Waals surface area contributed by atoms with Gasteiger partial charge in [-0.1, -0.05) is 67.1 Å². The van der Waals surface area contributed by atoms with Crippen LogP contribution in [0.25, 0.3) is 0 Å². The molecule has 0 heterocycles. The fourth-order valence-electron chi connectivity index (χ4n) is 3.90. The smallest absolute Gasteiger partial charge is 0.264 e. The second-order valence-corrected chi connectivity index (χ2v) is 10.5. The number of benzene rings is 4. The number of ether oxygens (including phenoxy) is 2. The first-order valence-electron chi connectivity index (χ1n) is 11.9. The molecule has 0 unspecified atom stereocenters. The highest BCUT2D eigenvalue weighted by atomic mass is 35.5. The summed E-state index contributed by atoms with van der Waals surface area (Å²) in [5.41, 5.74) is 1.52. The van der Waals surface area contributed by atoms with Gasteiger partial charge in [0.15, 0.2) is 17.2 Å². The van der Waals surface area contributed by atoms with Gasteiger partial charge in [-0.2, -0.15) is 0 Å². The summed E-state index contributed by atoms with van der Waals surface area (Å²) in [6, 6.07) is 27.0. The van der Waals surface area contributed by atoms with Crippen LogP contribution in [0.2, 0.25) is 5.02 Å². The lowest BCUT2D eigenvalue weighted by Crippen LogP contribution is -2.38. The van der Waals surface area contributed by atoms with E-state index in [-0.39, 0.29) is 10.6 Å². The molecule has 0 saturated heterocycles. The maximum atomic E-state index is 13.7. The number of para-hydroxylation sites is 3. The third kappa shape index (κ3) is 6.10. The van der Waals surface area contributed by atoms with E-state index in [1.54, 1.807) is 66.7 Å². The molecule has 0 bridgehead atoms. The zero-order chi connectivity index (χ0) is 27.1. The molecule has 4 aromatic carbocycles. The van der Waals surface area contributed by atoms with Gasteiger partial charge in [-0.3, -0.25) is 9.10 Å². The predicted octanol–water partition coefficient (Wildman–Crippen LogP) is 6.54. The lowest BCUT2D eigenvalue weighted by molar-refractivity contribution is -0.114. The number of carbonyl (C=O) groups is 1. The van der Waals surface area contributed by atoms with Crippen molar-refractivity contribution in [1.29, 1.82) is 0 Å². The molecule has 4 aromatic rings. The lowest BCUT2D eigenvalue weighted by Gasteiger charge is -2.26. The largest absolute Gasteiger partial charge is 0.493 e. The molecule has 0 aliphatic carbocycles. The Morgan fingerprint density at radius 2 is 1.53 bits per heavy atom. The number of anilines is 2. The van der Waals surface area contributed by atoms with Gasteiger partial charge in [0.05, 0.1) is 23.4 Å². The first-order chi connectivity index (χ1) is 18.3. The lowest BCUT2D eigenvalue weighted by atomic mass is 10.1. The maximum Gasteiger partial charge on any atom is 0.264 e. The van der Waals surface area contributed by atoms with Gasteiger partial charge in [0.1, 0.15) is 6.54 Å². The number of amides is 1. The number of halogens is 1. The van der Waals surface area contributed by atoms with Gasteiger partial charge in [-0.15, -0.1) is 0 Å². The molecule has 0 aromatic heterocycles. The first-order valence-corrected chi connectivity index (χ1v) is 13.7. The monoisotopic (exact) mass is 550 g/mol. The predicted molar refractivity (Wildman–Crippen MR) is 150 cm³/mol. The van der Waals surface area contributed by atoms with Gasteiger partial charge in [0.25, 0.3) is 10.0 Å². The minimum Gasteiger partial charge on any atom is -0.493 e. The number of hydrogen-bond acceptors (Lipinski definition) is 5. The Morgan fingerprint density at radius 3 is 2.24 bits per heavy atom. The summed E-state index contributed by atoms with van der Waals surface area (Å²) in [6.45, 7) is 1.47. The summed E-state index contributed by atoms with van der Waals surface area (Å²) < 4.78 is 39.9. The summed E-state index contributed by atoms with van der Waals surface area (Å²) in [5, 5.41) is 3.15. The number of nitrogens with zero attached hydrogens (tertiary/aromatic N) is 1. The molecule has 0 radical (unpaired) electrons. The highest BCUT2D eigenvalue weighted by molar-refractivity contribution is 7.92. The van der Waals surface area contributed by atoms with Crippen molar-refractivity contribution in [2.45, 2.75) is 18.2 Å². The Kier molecular flexibility index (Phi) is 8.55. The normalized spacial score (nSPS) is 11.0. The van der Waals surface area contributed by atoms with E-state index >= 15 is 0 Å². The number of hydrogen-bond donors (Lipinski definition) is 1. The van der Waals surface area contributed by atoms with E-state index in [4.69, 9.17) is 21.1 Å². The van der Waals surface area contributed by atoms with Gasteiger partial charge >= 0.3 is 0 Å². The van der Waals surface area contributed by atoms with Crippen LogP contribution in [0.15, 0.2) is 102 Å². The number of methoxy groups -OCH3 is 1. The van der Waals surface area contributed by atoms with Crippen molar-refractivity contribution in [3.8, 4) is 17.2 Å². The minimum atomic E-state index is -4.05. The fraction of sp³-hybridized carbons (Fsp3) is 0.138. The third-order valence-electron chi connectivity index (χ3n) is 5.76. The van der Waals surface area contributed by atoms with Crippen molar-refractivity contribution in [2.24, 2.45) is 0 Å². The van der Waals surface area contributed by atoms with E-state index in [0.29, 0.717) is 34.4 Å². The standard InChI is InChI=1S/C29H27ClN2O5S/c1-3-21-11-7-8-14-25(21)32(38(34,35)23-12-5-4-6-13-23)20-29(33)31-24-19-22(30)17-18-26(24)37-28-16-10-9-15-27(28)36-2/h4-19H,3,20H2,1-2H3,(H,31,33). The minimum absolute atomic E-state index is 0.0849. The molecule has 0 saturated carbocycles. The van der Waals surface area contributed by atoms with Crippen molar-refractivity contribution in [2.75, 3.05) is 23.3 Å². The summed E-state index contributed by atoms with van der Waals surface area (Å²) in [6.07, 6.45) is 0.587. The van der Waals surface area contributed by atoms with E-state index in [2.05, 4.69) is 5.32 Å². The number of sulfonamides is 1. The number of aryl methyl sites for hydroxylation is 1. The Labute approximate surface area is 227 Å². The van der Waals surface area contributed by atoms with Crippen LogP contribution < -0.4 is 19.1 Å². The SMILES string of the molecule is CCc1ccccc1N(CC(=O)Nc1cc(Cl)ccc1Oc1ccccc1OC)S(=O)(=O)c1ccccc1. The van der Waals surface area contributed by atoms with E-state index in [9.17, 15) is 13.2 Å². The second kappa shape index (κ2) is 12.0. The van der Waals surface area contributed by atoms with Crippen LogP contribution >= 0.6 is 11.6 Å². The average molecular weight is 551 g/mol. The summed E-state index contributed by atoms with van der Waals surface area (Å²) in [5.74, 6) is 0.704. The maximum absolute atomic E-state index is 13.7. The van der Waals surface area contributed by atoms with E-state index in [0.717, 1.165) is 9.87 Å². The van der Waals surface area contributed by atoms with Crippen LogP contribution in [0.1, 0.15) is 12.5 Å². The molecule has 0 fully saturated rings. The Balaban J connectivity index is 1.67. The molecule has 0 atom stereocenters. The van der Waals surface area contributed by atoms with E-state index in [1.807, 2.05) is 25.1 Å². The van der Waals surface area contributed by atoms with Gasteiger partial charge in [0, 0.05) is 5.02 Å². The van der Waals surface area contributed by atoms with Crippen LogP contribution in [-0.4, -0.2) is 28.0 Å². The van der Waals surface area contributed by atoms with Crippen LogP contribution in [0.3, 0.4) is 0 Å². The van der Waals surface area contributed by atoms with Crippen molar-refractivity contribution in [3.63, 3.8) is 0 Å². The van der Waals surface area contributed by atoms with Crippen molar-refractivity contribution in [1.82, 2.24) is 0 Å². The number of rotatable bonds is 10. The summed E-state index contributed by atoms with van der Waals surface area (Å²) in [4.78, 5) is 13.5. The zero-order valence-electron chi connectivity index (χ0n) is 20.9. The van der Waals surface area contributed by atoms with Crippen LogP contribution in [0, 0.1) is 0 Å². The highest BCUT2D eigenvalue weighted by Crippen LogP contribution is 2.36. The van der Waals surface area contributed by atoms with Crippen LogP contribution in [0.4, 0.5) is 11.4 Å². The molecular formula is C29H27ClN2O5S. The van der Waals surface area contributed by atoms with Crippen LogP contribution in [-0.2, 0) is 21.2 Å². The van der Waals surface area contributed by atoms with Crippen molar-refractivity contribution >= 4 is 38.9 Å². The molecule has 7 nitrogen and oxygen atoms in total. The molecule has 1 N–H and O–H groups in total. The van der Waals surface area contributed by atoms with Gasteiger partial charge < -0.3 is 14.8 Å². The van der Waals surface area contributed by atoms with Crippen molar-refractivity contribution in [3.05, 3.63) is 108 Å². The van der Waals surface area contributed by atoms with Crippen molar-refractivity contribution < 1.29 is 22.7 Å². The molecule has 1 amide bonds. The van der Waals surface area contributed by atoms with E-state index in [1.165, 1.54) is 19.2 Å². The quantitative estimate of drug-likeness (QED) is 0.242. The highest BCUT2D eigenvalue weighted by Gasteiger charge is 2.29. The summed E-state index contributed by atoms with van der Waals surface area (Å²) in [7, 11) is -2.52. The third-order valence-corrected chi connectivity index (χ3v) is 7.77. The molecular weight excluding hydrogens is 524 g/mol. The average Bonchev–Trinajstić information content (AvgIpc) is 2.94.